The van der Waals surface area contributed by atoms with Crippen LogP contribution in [0.15, 0.2) is 66.9 Å². The van der Waals surface area contributed by atoms with Crippen molar-refractivity contribution in [3.05, 3.63) is 83.6 Å². The maximum absolute atomic E-state index is 14.3. The van der Waals surface area contributed by atoms with Gasteiger partial charge >= 0.3 is 6.18 Å². The molecule has 0 unspecified atom stereocenters. The van der Waals surface area contributed by atoms with Crippen molar-refractivity contribution >= 4 is 59.8 Å². The predicted octanol–water partition coefficient (Wildman–Crippen LogP) is 9.45. The zero-order valence-corrected chi connectivity index (χ0v) is 21.1. The van der Waals surface area contributed by atoms with Gasteiger partial charge in [0.2, 0.25) is 0 Å². The molecule has 0 N–H and O–H groups in total. The summed E-state index contributed by atoms with van der Waals surface area (Å²) in [6.07, 6.45) is -1.89. The number of halogens is 3. The Morgan fingerprint density at radius 1 is 0.784 bits per heavy atom. The average molecular weight is 495 g/mol. The van der Waals surface area contributed by atoms with E-state index in [0.29, 0.717) is 10.9 Å². The maximum Gasteiger partial charge on any atom is 0.417 e. The summed E-state index contributed by atoms with van der Waals surface area (Å²) in [6, 6.07) is 18.9. The molecule has 7 aromatic rings. The molecule has 0 saturated heterocycles. The quantitative estimate of drug-likeness (QED) is 0.164. The second-order valence-electron chi connectivity index (χ2n) is 11.5. The SMILES string of the molecule is Cc1ccc2c(CC(C)(C)C)c3c(cc2c1)c1nccc2ccc4c5c(C(F)(F)F)cccc5n3c4c21. The summed E-state index contributed by atoms with van der Waals surface area (Å²) < 4.78 is 45.0. The highest BCUT2D eigenvalue weighted by molar-refractivity contribution is 6.29. The third-order valence-corrected chi connectivity index (χ3v) is 7.55. The second kappa shape index (κ2) is 7.12. The van der Waals surface area contributed by atoms with Crippen molar-refractivity contribution in [2.24, 2.45) is 5.41 Å². The Balaban J connectivity index is 1.87. The molecular weight excluding hydrogens is 469 g/mol. The molecule has 0 fully saturated rings. The van der Waals surface area contributed by atoms with Crippen molar-refractivity contribution in [3.8, 4) is 0 Å². The Hall–Kier alpha value is -3.86. The Morgan fingerprint density at radius 2 is 1.57 bits per heavy atom. The van der Waals surface area contributed by atoms with E-state index in [1.54, 1.807) is 6.20 Å². The number of fused-ring (bicyclic) bond motifs is 7. The second-order valence-corrected chi connectivity index (χ2v) is 11.5. The van der Waals surface area contributed by atoms with Crippen LogP contribution in [0.5, 0.6) is 0 Å². The average Bonchev–Trinajstić information content (AvgIpc) is 3.16. The fourth-order valence-corrected chi connectivity index (χ4v) is 6.22. The molecule has 0 amide bonds. The molecule has 3 aromatic heterocycles. The van der Waals surface area contributed by atoms with Crippen molar-refractivity contribution in [2.75, 3.05) is 0 Å². The summed E-state index contributed by atoms with van der Waals surface area (Å²) in [5.74, 6) is 0. The molecule has 4 aromatic carbocycles. The summed E-state index contributed by atoms with van der Waals surface area (Å²) in [5, 5.41) is 5.97. The van der Waals surface area contributed by atoms with Crippen LogP contribution in [0.1, 0.15) is 37.5 Å². The summed E-state index contributed by atoms with van der Waals surface area (Å²) in [4.78, 5) is 4.83. The molecule has 0 aliphatic heterocycles. The molecular formula is C32H25F3N2. The monoisotopic (exact) mass is 494 g/mol. The first-order valence-electron chi connectivity index (χ1n) is 12.5. The number of hydrogen-bond donors (Lipinski definition) is 0. The van der Waals surface area contributed by atoms with E-state index >= 15 is 0 Å². The van der Waals surface area contributed by atoms with E-state index < -0.39 is 11.7 Å². The molecule has 0 saturated carbocycles. The minimum Gasteiger partial charge on any atom is -0.308 e. The van der Waals surface area contributed by atoms with Gasteiger partial charge in [0.15, 0.2) is 0 Å². The number of benzene rings is 4. The minimum absolute atomic E-state index is 0.0391. The van der Waals surface area contributed by atoms with Gasteiger partial charge < -0.3 is 4.40 Å². The van der Waals surface area contributed by atoms with Crippen molar-refractivity contribution in [2.45, 2.75) is 40.3 Å². The Bertz CT molecular complexity index is 2040. The fraction of sp³-hybridized carbons (Fsp3) is 0.219. The lowest BCUT2D eigenvalue weighted by atomic mass is 9.84. The van der Waals surface area contributed by atoms with Crippen LogP contribution in [-0.4, -0.2) is 9.38 Å². The third-order valence-electron chi connectivity index (χ3n) is 7.55. The van der Waals surface area contributed by atoms with Crippen LogP contribution in [0.25, 0.3) is 59.8 Å². The molecule has 0 atom stereocenters. The van der Waals surface area contributed by atoms with Crippen molar-refractivity contribution < 1.29 is 13.2 Å². The van der Waals surface area contributed by atoms with Gasteiger partial charge in [-0.1, -0.05) is 62.7 Å². The van der Waals surface area contributed by atoms with Crippen LogP contribution in [-0.2, 0) is 12.6 Å². The number of rotatable bonds is 1. The van der Waals surface area contributed by atoms with Gasteiger partial charge in [-0.2, -0.15) is 13.2 Å². The summed E-state index contributed by atoms with van der Waals surface area (Å²) in [7, 11) is 0. The maximum atomic E-state index is 14.3. The van der Waals surface area contributed by atoms with Gasteiger partial charge in [0.05, 0.1) is 27.6 Å². The molecule has 5 heteroatoms. The molecule has 37 heavy (non-hydrogen) atoms. The fourth-order valence-electron chi connectivity index (χ4n) is 6.22. The first-order valence-corrected chi connectivity index (χ1v) is 12.5. The number of pyridine rings is 2. The Morgan fingerprint density at radius 3 is 2.32 bits per heavy atom. The van der Waals surface area contributed by atoms with Gasteiger partial charge in [-0.25, -0.2) is 0 Å². The number of nitrogens with zero attached hydrogens (tertiary/aromatic N) is 2. The molecule has 3 heterocycles. The van der Waals surface area contributed by atoms with Crippen LogP contribution >= 0.6 is 0 Å². The summed E-state index contributed by atoms with van der Waals surface area (Å²) in [5.41, 5.74) is 4.84. The van der Waals surface area contributed by atoms with Gasteiger partial charge in [-0.3, -0.25) is 4.98 Å². The smallest absolute Gasteiger partial charge is 0.308 e. The van der Waals surface area contributed by atoms with Crippen molar-refractivity contribution in [1.82, 2.24) is 9.38 Å². The topological polar surface area (TPSA) is 17.3 Å². The molecule has 0 spiro atoms. The Labute approximate surface area is 211 Å². The highest BCUT2D eigenvalue weighted by Gasteiger charge is 2.35. The van der Waals surface area contributed by atoms with E-state index in [0.717, 1.165) is 55.5 Å². The van der Waals surface area contributed by atoms with Crippen molar-refractivity contribution in [3.63, 3.8) is 0 Å². The summed E-state index contributed by atoms with van der Waals surface area (Å²) >= 11 is 0. The third kappa shape index (κ3) is 3.09. The number of hydrogen-bond acceptors (Lipinski definition) is 1. The molecule has 184 valence electrons. The van der Waals surface area contributed by atoms with Crippen LogP contribution in [0, 0.1) is 12.3 Å². The van der Waals surface area contributed by atoms with E-state index in [4.69, 9.17) is 4.98 Å². The van der Waals surface area contributed by atoms with Gasteiger partial charge in [0.25, 0.3) is 0 Å². The summed E-state index contributed by atoms with van der Waals surface area (Å²) in [6.45, 7) is 8.69. The van der Waals surface area contributed by atoms with Gasteiger partial charge in [-0.15, -0.1) is 0 Å². The number of aryl methyl sites for hydroxylation is 1. The normalized spacial score (nSPS) is 13.4. The van der Waals surface area contributed by atoms with Gasteiger partial charge in [-0.05, 0) is 64.7 Å². The molecule has 0 aliphatic rings. The lowest BCUT2D eigenvalue weighted by Gasteiger charge is -2.23. The van der Waals surface area contributed by atoms with E-state index in [2.05, 4.69) is 56.4 Å². The predicted molar refractivity (Wildman–Crippen MR) is 147 cm³/mol. The molecule has 0 radical (unpaired) electrons. The molecule has 2 nitrogen and oxygen atoms in total. The standard InChI is InChI=1S/C32H25F3N2/c1-17-8-10-20-19(14-17)15-22-28-26-18(12-13-36-28)9-11-21-27-24(32(33,34)35)6-5-7-25(27)37(30(21)26)29(22)23(20)16-31(2,3)4/h5-15H,16H2,1-4H3. The first-order chi connectivity index (χ1) is 17.5. The van der Waals surface area contributed by atoms with Crippen LogP contribution < -0.4 is 0 Å². The molecule has 0 aliphatic carbocycles. The van der Waals surface area contributed by atoms with Gasteiger partial charge in [0.1, 0.15) is 0 Å². The number of alkyl halides is 3. The zero-order chi connectivity index (χ0) is 25.9. The van der Waals surface area contributed by atoms with Crippen LogP contribution in [0.2, 0.25) is 0 Å². The zero-order valence-electron chi connectivity index (χ0n) is 21.1. The van der Waals surface area contributed by atoms with Crippen LogP contribution in [0.3, 0.4) is 0 Å². The van der Waals surface area contributed by atoms with E-state index in [9.17, 15) is 13.2 Å². The van der Waals surface area contributed by atoms with Crippen LogP contribution in [0.4, 0.5) is 13.2 Å². The van der Waals surface area contributed by atoms with E-state index in [1.807, 2.05) is 24.3 Å². The lowest BCUT2D eigenvalue weighted by Crippen LogP contribution is -2.11. The Kier molecular flexibility index (Phi) is 4.30. The largest absolute Gasteiger partial charge is 0.417 e. The van der Waals surface area contributed by atoms with E-state index in [1.165, 1.54) is 17.7 Å². The van der Waals surface area contributed by atoms with Gasteiger partial charge in [0, 0.05) is 27.7 Å². The highest BCUT2D eigenvalue weighted by atomic mass is 19.4. The van der Waals surface area contributed by atoms with E-state index in [-0.39, 0.29) is 10.8 Å². The highest BCUT2D eigenvalue weighted by Crippen LogP contribution is 2.46. The first kappa shape index (κ1) is 22.3. The molecule has 0 bridgehead atoms. The van der Waals surface area contributed by atoms with Crippen molar-refractivity contribution in [1.29, 1.82) is 0 Å². The number of aromatic nitrogens is 2. The lowest BCUT2D eigenvalue weighted by molar-refractivity contribution is -0.136. The minimum atomic E-state index is -4.46. The molecule has 7 rings (SSSR count).